The first-order chi connectivity index (χ1) is 12.9. The highest BCUT2D eigenvalue weighted by Crippen LogP contribution is 2.26. The van der Waals surface area contributed by atoms with Crippen LogP contribution in [0.3, 0.4) is 0 Å². The van der Waals surface area contributed by atoms with Gasteiger partial charge in [-0.25, -0.2) is 5.43 Å². The van der Waals surface area contributed by atoms with Crippen LogP contribution in [0, 0.1) is 10.1 Å². The van der Waals surface area contributed by atoms with E-state index in [0.29, 0.717) is 23.7 Å². The molecule has 0 spiro atoms. The van der Waals surface area contributed by atoms with Gasteiger partial charge >= 0.3 is 0 Å². The second-order valence-electron chi connectivity index (χ2n) is 5.41. The number of benzene rings is 2. The molecule has 0 aliphatic rings. The molecule has 1 unspecified atom stereocenters. The van der Waals surface area contributed by atoms with Gasteiger partial charge in [-0.2, -0.15) is 5.10 Å². The van der Waals surface area contributed by atoms with E-state index in [1.54, 1.807) is 19.1 Å². The largest absolute Gasteiger partial charge is 0.504 e. The maximum Gasteiger partial charge on any atom is 0.280 e. The Morgan fingerprint density at radius 1 is 1.33 bits per heavy atom. The van der Waals surface area contributed by atoms with Gasteiger partial charge < -0.3 is 14.6 Å². The van der Waals surface area contributed by atoms with Crippen LogP contribution in [0.4, 0.5) is 5.69 Å². The van der Waals surface area contributed by atoms with E-state index in [4.69, 9.17) is 9.47 Å². The number of nitrogens with one attached hydrogen (secondary N) is 1. The molecule has 2 aromatic carbocycles. The third kappa shape index (κ3) is 5.70. The molecule has 2 aromatic rings. The number of hydrazone groups is 1. The zero-order valence-corrected chi connectivity index (χ0v) is 14.8. The highest BCUT2D eigenvalue weighted by atomic mass is 16.6. The summed E-state index contributed by atoms with van der Waals surface area (Å²) >= 11 is 0. The fourth-order valence-corrected chi connectivity index (χ4v) is 2.05. The molecule has 0 aliphatic carbocycles. The predicted octanol–water partition coefficient (Wildman–Crippen LogP) is 2.62. The van der Waals surface area contributed by atoms with E-state index in [1.165, 1.54) is 43.5 Å². The zero-order chi connectivity index (χ0) is 19.8. The van der Waals surface area contributed by atoms with Gasteiger partial charge in [-0.3, -0.25) is 14.9 Å². The van der Waals surface area contributed by atoms with Crippen molar-refractivity contribution in [3.63, 3.8) is 0 Å². The lowest BCUT2D eigenvalue weighted by atomic mass is 10.2. The van der Waals surface area contributed by atoms with Crippen LogP contribution >= 0.6 is 0 Å². The van der Waals surface area contributed by atoms with Crippen molar-refractivity contribution in [1.29, 1.82) is 0 Å². The van der Waals surface area contributed by atoms with Crippen molar-refractivity contribution in [2.24, 2.45) is 5.10 Å². The monoisotopic (exact) mass is 373 g/mol. The number of hydrogen-bond acceptors (Lipinski definition) is 7. The summed E-state index contributed by atoms with van der Waals surface area (Å²) in [5, 5.41) is 24.1. The van der Waals surface area contributed by atoms with E-state index in [0.717, 1.165) is 0 Å². The minimum atomic E-state index is -0.859. The number of nitro groups is 1. The topological polar surface area (TPSA) is 123 Å². The summed E-state index contributed by atoms with van der Waals surface area (Å²) in [5.41, 5.74) is 2.90. The Morgan fingerprint density at radius 2 is 2.04 bits per heavy atom. The molecule has 0 fully saturated rings. The predicted molar refractivity (Wildman–Crippen MR) is 98.2 cm³/mol. The maximum absolute atomic E-state index is 12.0. The number of nitrogens with zero attached hydrogens (tertiary/aromatic N) is 2. The third-order valence-corrected chi connectivity index (χ3v) is 3.40. The van der Waals surface area contributed by atoms with E-state index < -0.39 is 16.9 Å². The smallest absolute Gasteiger partial charge is 0.280 e. The highest BCUT2D eigenvalue weighted by molar-refractivity contribution is 5.84. The Hall–Kier alpha value is -3.62. The molecule has 27 heavy (non-hydrogen) atoms. The number of carbonyl (C=O) groups is 1. The number of nitro benzene ring substituents is 1. The molecule has 0 aromatic heterocycles. The van der Waals surface area contributed by atoms with Gasteiger partial charge in [0, 0.05) is 12.1 Å². The van der Waals surface area contributed by atoms with Gasteiger partial charge in [0.1, 0.15) is 5.75 Å². The van der Waals surface area contributed by atoms with Gasteiger partial charge in [0.2, 0.25) is 0 Å². The first-order valence-electron chi connectivity index (χ1n) is 8.10. The number of non-ortho nitro benzene ring substituents is 1. The van der Waals surface area contributed by atoms with Crippen molar-refractivity contribution in [3.8, 4) is 17.2 Å². The Bertz CT molecular complexity index is 835. The minimum Gasteiger partial charge on any atom is -0.504 e. The summed E-state index contributed by atoms with van der Waals surface area (Å²) in [5.74, 6) is 0.173. The molecule has 9 heteroatoms. The molecule has 2 rings (SSSR count). The normalized spacial score (nSPS) is 11.8. The van der Waals surface area contributed by atoms with Crippen molar-refractivity contribution in [2.75, 3.05) is 6.61 Å². The molecule has 142 valence electrons. The van der Waals surface area contributed by atoms with E-state index in [-0.39, 0.29) is 11.4 Å². The van der Waals surface area contributed by atoms with Gasteiger partial charge in [0.05, 0.1) is 17.7 Å². The Morgan fingerprint density at radius 3 is 2.67 bits per heavy atom. The van der Waals surface area contributed by atoms with Gasteiger partial charge in [0.25, 0.3) is 11.6 Å². The number of hydrogen-bond donors (Lipinski definition) is 2. The molecule has 2 N–H and O–H groups in total. The number of amides is 1. The van der Waals surface area contributed by atoms with Crippen molar-refractivity contribution < 1.29 is 24.3 Å². The number of aromatic hydroxyl groups is 1. The molecule has 9 nitrogen and oxygen atoms in total. The zero-order valence-electron chi connectivity index (χ0n) is 14.8. The number of phenols is 1. The molecule has 1 atom stereocenters. The number of rotatable bonds is 8. The van der Waals surface area contributed by atoms with Crippen LogP contribution in [0.15, 0.2) is 47.6 Å². The summed E-state index contributed by atoms with van der Waals surface area (Å²) in [4.78, 5) is 22.1. The average Bonchev–Trinajstić information content (AvgIpc) is 2.64. The van der Waals surface area contributed by atoms with E-state index in [2.05, 4.69) is 10.5 Å². The second kappa shape index (κ2) is 9.18. The summed E-state index contributed by atoms with van der Waals surface area (Å²) in [6.45, 7) is 3.73. The molecule has 0 radical (unpaired) electrons. The minimum absolute atomic E-state index is 0.0168. The van der Waals surface area contributed by atoms with Crippen LogP contribution in [0.1, 0.15) is 19.4 Å². The first kappa shape index (κ1) is 19.7. The quantitative estimate of drug-likeness (QED) is 0.416. The van der Waals surface area contributed by atoms with Gasteiger partial charge in [-0.1, -0.05) is 0 Å². The molecule has 0 aliphatic heterocycles. The van der Waals surface area contributed by atoms with E-state index in [9.17, 15) is 20.0 Å². The average molecular weight is 373 g/mol. The van der Waals surface area contributed by atoms with E-state index in [1.807, 2.05) is 0 Å². The molecule has 0 heterocycles. The number of carbonyl (C=O) groups excluding carboxylic acids is 1. The molecule has 0 saturated carbocycles. The summed E-state index contributed by atoms with van der Waals surface area (Å²) in [6, 6.07) is 10.1. The Labute approximate surface area is 155 Å². The lowest BCUT2D eigenvalue weighted by Crippen LogP contribution is -2.33. The standard InChI is InChI=1S/C18H19N3O6/c1-3-26-17-10-13(4-9-16(17)22)11-19-20-18(23)12(2)27-15-7-5-14(6-8-15)21(24)25/h4-12,22H,3H2,1-2H3,(H,20,23)/b19-11+. The van der Waals surface area contributed by atoms with Crippen LogP contribution in [0.5, 0.6) is 17.2 Å². The van der Waals surface area contributed by atoms with Gasteiger partial charge in [-0.15, -0.1) is 0 Å². The van der Waals surface area contributed by atoms with Crippen molar-refractivity contribution >= 4 is 17.8 Å². The molecular weight excluding hydrogens is 354 g/mol. The van der Waals surface area contributed by atoms with Crippen LogP contribution in [0.2, 0.25) is 0 Å². The Kier molecular flexibility index (Phi) is 6.70. The molecular formula is C18H19N3O6. The fraction of sp³-hybridized carbons (Fsp3) is 0.222. The van der Waals surface area contributed by atoms with Crippen LogP contribution in [0.25, 0.3) is 0 Å². The maximum atomic E-state index is 12.0. The SMILES string of the molecule is CCOc1cc(/C=N/NC(=O)C(C)Oc2ccc([N+](=O)[O-])cc2)ccc1O. The molecule has 0 saturated heterocycles. The van der Waals surface area contributed by atoms with Crippen molar-refractivity contribution in [2.45, 2.75) is 20.0 Å². The number of ether oxygens (including phenoxy) is 2. The summed E-state index contributed by atoms with van der Waals surface area (Å²) in [6.07, 6.45) is 0.542. The van der Waals surface area contributed by atoms with Crippen LogP contribution in [-0.2, 0) is 4.79 Å². The summed E-state index contributed by atoms with van der Waals surface area (Å²) in [7, 11) is 0. The van der Waals surface area contributed by atoms with Crippen molar-refractivity contribution in [1.82, 2.24) is 5.43 Å². The van der Waals surface area contributed by atoms with Gasteiger partial charge in [0.15, 0.2) is 17.6 Å². The molecule has 1 amide bonds. The fourth-order valence-electron chi connectivity index (χ4n) is 2.05. The summed E-state index contributed by atoms with van der Waals surface area (Å²) < 4.78 is 10.7. The van der Waals surface area contributed by atoms with Gasteiger partial charge in [-0.05, 0) is 49.7 Å². The first-order valence-corrected chi connectivity index (χ1v) is 8.10. The second-order valence-corrected chi connectivity index (χ2v) is 5.41. The third-order valence-electron chi connectivity index (χ3n) is 3.40. The van der Waals surface area contributed by atoms with Crippen LogP contribution in [-0.4, -0.2) is 34.9 Å². The lowest BCUT2D eigenvalue weighted by molar-refractivity contribution is -0.384. The van der Waals surface area contributed by atoms with Crippen molar-refractivity contribution in [3.05, 3.63) is 58.1 Å². The molecule has 0 bridgehead atoms. The van der Waals surface area contributed by atoms with Crippen LogP contribution < -0.4 is 14.9 Å². The highest BCUT2D eigenvalue weighted by Gasteiger charge is 2.14. The Balaban J connectivity index is 1.91. The van der Waals surface area contributed by atoms with E-state index >= 15 is 0 Å². The number of phenolic OH excluding ortho intramolecular Hbond substituents is 1. The lowest BCUT2D eigenvalue weighted by Gasteiger charge is -2.12.